The number of amides is 1. The maximum absolute atomic E-state index is 12.1. The van der Waals surface area contributed by atoms with Gasteiger partial charge in [-0.15, -0.1) is 23.1 Å². The number of benzene rings is 1. The molecule has 3 nitrogen and oxygen atoms in total. The second-order valence-electron chi connectivity index (χ2n) is 4.31. The highest BCUT2D eigenvalue weighted by molar-refractivity contribution is 9.10. The van der Waals surface area contributed by atoms with E-state index in [-0.39, 0.29) is 5.91 Å². The van der Waals surface area contributed by atoms with Crippen molar-refractivity contribution in [2.24, 2.45) is 0 Å². The Morgan fingerprint density at radius 2 is 2.25 bits per heavy atom. The van der Waals surface area contributed by atoms with Gasteiger partial charge < -0.3 is 10.6 Å². The maximum Gasteiger partial charge on any atom is 0.233 e. The molecule has 0 aliphatic rings. The maximum atomic E-state index is 12.1. The summed E-state index contributed by atoms with van der Waals surface area (Å²) in [6, 6.07) is 9.66. The predicted octanol–water partition coefficient (Wildman–Crippen LogP) is 3.84. The predicted molar refractivity (Wildman–Crippen MR) is 90.1 cm³/mol. The van der Waals surface area contributed by atoms with E-state index in [1.807, 2.05) is 42.8 Å². The molecule has 0 aliphatic heterocycles. The molecular weight excluding hydrogens is 356 g/mol. The molecule has 0 unspecified atom stereocenters. The lowest BCUT2D eigenvalue weighted by atomic mass is 10.3. The summed E-state index contributed by atoms with van der Waals surface area (Å²) < 4.78 is 0.927. The third-order valence-electron chi connectivity index (χ3n) is 2.71. The van der Waals surface area contributed by atoms with Gasteiger partial charge in [0, 0.05) is 27.0 Å². The Hall–Kier alpha value is -0.980. The Morgan fingerprint density at radius 3 is 2.90 bits per heavy atom. The van der Waals surface area contributed by atoms with E-state index in [1.165, 1.54) is 16.6 Å². The molecule has 1 aromatic heterocycles. The number of nitrogens with zero attached hydrogens (tertiary/aromatic N) is 1. The van der Waals surface area contributed by atoms with Crippen LogP contribution in [0.25, 0.3) is 0 Å². The van der Waals surface area contributed by atoms with Crippen molar-refractivity contribution in [1.29, 1.82) is 0 Å². The Morgan fingerprint density at radius 1 is 1.45 bits per heavy atom. The molecule has 6 heteroatoms. The van der Waals surface area contributed by atoms with Crippen molar-refractivity contribution in [3.8, 4) is 0 Å². The Kier molecular flexibility index (Phi) is 5.51. The number of halogens is 1. The van der Waals surface area contributed by atoms with Crippen molar-refractivity contribution in [2.45, 2.75) is 11.4 Å². The van der Waals surface area contributed by atoms with Crippen LogP contribution in [-0.4, -0.2) is 23.6 Å². The topological polar surface area (TPSA) is 46.3 Å². The SMILES string of the molecule is CN(Cc1cccs1)C(=O)CSc1ccc(N)cc1Br. The number of anilines is 1. The van der Waals surface area contributed by atoms with Crippen LogP contribution >= 0.6 is 39.0 Å². The Bertz CT molecular complexity index is 587. The van der Waals surface area contributed by atoms with Gasteiger partial charge in [0.05, 0.1) is 12.3 Å². The number of nitrogen functional groups attached to an aromatic ring is 1. The fourth-order valence-corrected chi connectivity index (χ4v) is 3.97. The van der Waals surface area contributed by atoms with E-state index in [0.29, 0.717) is 18.0 Å². The lowest BCUT2D eigenvalue weighted by Crippen LogP contribution is -2.27. The first-order chi connectivity index (χ1) is 9.56. The summed E-state index contributed by atoms with van der Waals surface area (Å²) >= 11 is 6.64. The average Bonchev–Trinajstić information content (AvgIpc) is 2.90. The molecule has 0 spiro atoms. The van der Waals surface area contributed by atoms with Gasteiger partial charge in [-0.05, 0) is 45.6 Å². The first kappa shape index (κ1) is 15.4. The monoisotopic (exact) mass is 370 g/mol. The van der Waals surface area contributed by atoms with Crippen LogP contribution in [0.2, 0.25) is 0 Å². The van der Waals surface area contributed by atoms with Crippen molar-refractivity contribution >= 4 is 50.6 Å². The van der Waals surface area contributed by atoms with Gasteiger partial charge in [0.1, 0.15) is 0 Å². The van der Waals surface area contributed by atoms with Gasteiger partial charge >= 0.3 is 0 Å². The molecule has 1 heterocycles. The van der Waals surface area contributed by atoms with E-state index in [2.05, 4.69) is 15.9 Å². The van der Waals surface area contributed by atoms with Crippen LogP contribution in [0.5, 0.6) is 0 Å². The van der Waals surface area contributed by atoms with Crippen LogP contribution in [0.3, 0.4) is 0 Å². The van der Waals surface area contributed by atoms with E-state index >= 15 is 0 Å². The zero-order chi connectivity index (χ0) is 14.5. The Balaban J connectivity index is 1.88. The van der Waals surface area contributed by atoms with Gasteiger partial charge in [-0.3, -0.25) is 4.79 Å². The summed E-state index contributed by atoms with van der Waals surface area (Å²) in [4.78, 5) is 16.1. The van der Waals surface area contributed by atoms with E-state index in [9.17, 15) is 4.79 Å². The average molecular weight is 371 g/mol. The van der Waals surface area contributed by atoms with Crippen LogP contribution in [0.15, 0.2) is 45.1 Å². The van der Waals surface area contributed by atoms with Crippen LogP contribution in [0, 0.1) is 0 Å². The molecule has 0 bridgehead atoms. The lowest BCUT2D eigenvalue weighted by molar-refractivity contribution is -0.127. The van der Waals surface area contributed by atoms with Crippen molar-refractivity contribution in [2.75, 3.05) is 18.5 Å². The number of thioether (sulfide) groups is 1. The summed E-state index contributed by atoms with van der Waals surface area (Å²) in [6.07, 6.45) is 0. The zero-order valence-electron chi connectivity index (χ0n) is 11.0. The molecule has 2 rings (SSSR count). The van der Waals surface area contributed by atoms with Crippen molar-refractivity contribution in [3.63, 3.8) is 0 Å². The highest BCUT2D eigenvalue weighted by atomic mass is 79.9. The molecule has 0 saturated heterocycles. The van der Waals surface area contributed by atoms with Crippen LogP contribution in [0.1, 0.15) is 4.88 Å². The largest absolute Gasteiger partial charge is 0.399 e. The molecule has 0 radical (unpaired) electrons. The molecule has 0 aliphatic carbocycles. The minimum Gasteiger partial charge on any atom is -0.399 e. The highest BCUT2D eigenvalue weighted by Gasteiger charge is 2.11. The van der Waals surface area contributed by atoms with Crippen LogP contribution < -0.4 is 5.73 Å². The molecule has 2 N–H and O–H groups in total. The zero-order valence-corrected chi connectivity index (χ0v) is 14.2. The lowest BCUT2D eigenvalue weighted by Gasteiger charge is -2.16. The molecule has 0 fully saturated rings. The molecule has 0 saturated carbocycles. The first-order valence-electron chi connectivity index (χ1n) is 6.00. The Labute approximate surface area is 135 Å². The van der Waals surface area contributed by atoms with Gasteiger partial charge in [-0.25, -0.2) is 0 Å². The van der Waals surface area contributed by atoms with Crippen LogP contribution in [0.4, 0.5) is 5.69 Å². The first-order valence-corrected chi connectivity index (χ1v) is 8.66. The molecular formula is C14H15BrN2OS2. The van der Waals surface area contributed by atoms with E-state index < -0.39 is 0 Å². The summed E-state index contributed by atoms with van der Waals surface area (Å²) in [7, 11) is 1.83. The molecule has 2 aromatic rings. The van der Waals surface area contributed by atoms with Gasteiger partial charge in [-0.1, -0.05) is 6.07 Å². The number of rotatable bonds is 5. The van der Waals surface area contributed by atoms with Crippen molar-refractivity contribution < 1.29 is 4.79 Å². The van der Waals surface area contributed by atoms with Gasteiger partial charge in [0.25, 0.3) is 0 Å². The molecule has 1 amide bonds. The second-order valence-corrected chi connectivity index (χ2v) is 7.21. The minimum atomic E-state index is 0.118. The number of carbonyl (C=O) groups is 1. The van der Waals surface area contributed by atoms with E-state index in [4.69, 9.17) is 5.73 Å². The molecule has 20 heavy (non-hydrogen) atoms. The standard InChI is InChI=1S/C14H15BrN2OS2/c1-17(8-11-3-2-6-19-11)14(18)9-20-13-5-4-10(16)7-12(13)15/h2-7H,8-9,16H2,1H3. The number of carbonyl (C=O) groups excluding carboxylic acids is 1. The summed E-state index contributed by atoms with van der Waals surface area (Å²) in [6.45, 7) is 0.667. The van der Waals surface area contributed by atoms with E-state index in [0.717, 1.165) is 9.37 Å². The fraction of sp³-hybridized carbons (Fsp3) is 0.214. The van der Waals surface area contributed by atoms with Crippen molar-refractivity contribution in [1.82, 2.24) is 4.90 Å². The van der Waals surface area contributed by atoms with Crippen LogP contribution in [-0.2, 0) is 11.3 Å². The van der Waals surface area contributed by atoms with E-state index in [1.54, 1.807) is 16.2 Å². The minimum absolute atomic E-state index is 0.118. The van der Waals surface area contributed by atoms with Gasteiger partial charge in [0.2, 0.25) is 5.91 Å². The number of thiophene rings is 1. The molecule has 1 aromatic carbocycles. The quantitative estimate of drug-likeness (QED) is 0.642. The van der Waals surface area contributed by atoms with Gasteiger partial charge in [-0.2, -0.15) is 0 Å². The molecule has 0 atom stereocenters. The summed E-state index contributed by atoms with van der Waals surface area (Å²) in [5, 5.41) is 2.02. The van der Waals surface area contributed by atoms with Crippen molar-refractivity contribution in [3.05, 3.63) is 45.1 Å². The van der Waals surface area contributed by atoms with Gasteiger partial charge in [0.15, 0.2) is 0 Å². The summed E-state index contributed by atoms with van der Waals surface area (Å²) in [5.41, 5.74) is 6.40. The normalized spacial score (nSPS) is 10.5. The second kappa shape index (κ2) is 7.15. The highest BCUT2D eigenvalue weighted by Crippen LogP contribution is 2.29. The number of nitrogens with two attached hydrogens (primary N) is 1. The number of hydrogen-bond donors (Lipinski definition) is 1. The molecule has 106 valence electrons. The third kappa shape index (κ3) is 4.26. The fourth-order valence-electron chi connectivity index (χ4n) is 1.61. The summed E-state index contributed by atoms with van der Waals surface area (Å²) in [5.74, 6) is 0.539. The number of hydrogen-bond acceptors (Lipinski definition) is 4. The smallest absolute Gasteiger partial charge is 0.233 e. The third-order valence-corrected chi connectivity index (χ3v) is 5.54.